The van der Waals surface area contributed by atoms with E-state index in [4.69, 9.17) is 42.1 Å². The lowest BCUT2D eigenvalue weighted by Gasteiger charge is -2.16. The molecule has 0 amide bonds. The number of halogens is 2. The number of carbonyl (C=O) groups is 1. The third kappa shape index (κ3) is 5.59. The van der Waals surface area contributed by atoms with E-state index in [1.165, 1.54) is 14.2 Å². The van der Waals surface area contributed by atoms with Crippen molar-refractivity contribution >= 4 is 29.2 Å². The van der Waals surface area contributed by atoms with Gasteiger partial charge in [0, 0.05) is 22.2 Å². The molecule has 0 aliphatic heterocycles. The first-order valence-electron chi connectivity index (χ1n) is 9.05. The second-order valence-electron chi connectivity index (χ2n) is 6.33. The van der Waals surface area contributed by atoms with Crippen molar-refractivity contribution in [2.75, 3.05) is 14.2 Å². The zero-order valence-electron chi connectivity index (χ0n) is 16.5. The van der Waals surface area contributed by atoms with Gasteiger partial charge in [0.2, 0.25) is 0 Å². The molecule has 0 fully saturated rings. The lowest BCUT2D eigenvalue weighted by Crippen LogP contribution is -2.10. The van der Waals surface area contributed by atoms with Crippen LogP contribution in [0.15, 0.2) is 60.7 Å². The van der Waals surface area contributed by atoms with Gasteiger partial charge in [-0.25, -0.2) is 4.79 Å². The summed E-state index contributed by atoms with van der Waals surface area (Å²) in [7, 11) is 2.98. The minimum Gasteiger partial charge on any atom is -0.496 e. The first kappa shape index (κ1) is 21.8. The second kappa shape index (κ2) is 10.2. The molecule has 0 saturated carbocycles. The molecule has 3 aromatic rings. The number of hydrogen-bond acceptors (Lipinski definition) is 5. The average molecular weight is 447 g/mol. The third-order valence-corrected chi connectivity index (χ3v) is 4.71. The molecule has 3 rings (SSSR count). The highest BCUT2D eigenvalue weighted by Crippen LogP contribution is 2.35. The van der Waals surface area contributed by atoms with Crippen LogP contribution in [0.5, 0.6) is 17.2 Å². The Morgan fingerprint density at radius 2 is 1.40 bits per heavy atom. The standard InChI is InChI=1S/C23H20Cl2O5/c1-27-19-11-20(28-2)22(23(26)30-14-16-6-4-8-18(25)10-16)21(12-19)29-13-15-5-3-7-17(24)9-15/h3-12H,13-14H2,1-2H3. The van der Waals surface area contributed by atoms with Gasteiger partial charge in [0.25, 0.3) is 0 Å². The number of hydrogen-bond donors (Lipinski definition) is 0. The molecule has 30 heavy (non-hydrogen) atoms. The molecule has 0 spiro atoms. The highest BCUT2D eigenvalue weighted by atomic mass is 35.5. The van der Waals surface area contributed by atoms with Gasteiger partial charge >= 0.3 is 5.97 Å². The Morgan fingerprint density at radius 1 is 0.800 bits per heavy atom. The van der Waals surface area contributed by atoms with E-state index in [-0.39, 0.29) is 30.3 Å². The topological polar surface area (TPSA) is 54.0 Å². The largest absolute Gasteiger partial charge is 0.496 e. The normalized spacial score (nSPS) is 10.4. The monoisotopic (exact) mass is 446 g/mol. The van der Waals surface area contributed by atoms with Crippen molar-refractivity contribution in [2.45, 2.75) is 13.2 Å². The minimum absolute atomic E-state index is 0.0578. The Bertz CT molecular complexity index is 1040. The van der Waals surface area contributed by atoms with Crippen LogP contribution in [0.1, 0.15) is 21.5 Å². The molecule has 0 bridgehead atoms. The Labute approximate surface area is 185 Å². The molecule has 0 atom stereocenters. The van der Waals surface area contributed by atoms with Gasteiger partial charge in [-0.3, -0.25) is 0 Å². The second-order valence-corrected chi connectivity index (χ2v) is 7.20. The van der Waals surface area contributed by atoms with Crippen LogP contribution in [0.3, 0.4) is 0 Å². The number of carbonyl (C=O) groups excluding carboxylic acids is 1. The lowest BCUT2D eigenvalue weighted by molar-refractivity contribution is 0.0463. The van der Waals surface area contributed by atoms with Crippen molar-refractivity contribution in [3.63, 3.8) is 0 Å². The van der Waals surface area contributed by atoms with E-state index in [2.05, 4.69) is 0 Å². The van der Waals surface area contributed by atoms with Crippen LogP contribution in [-0.2, 0) is 18.0 Å². The van der Waals surface area contributed by atoms with Crippen LogP contribution in [0.25, 0.3) is 0 Å². The van der Waals surface area contributed by atoms with Gasteiger partial charge in [-0.15, -0.1) is 0 Å². The van der Waals surface area contributed by atoms with E-state index in [1.54, 1.807) is 42.5 Å². The maximum absolute atomic E-state index is 12.9. The molecule has 0 aromatic heterocycles. The summed E-state index contributed by atoms with van der Waals surface area (Å²) in [5.74, 6) is 0.462. The average Bonchev–Trinajstić information content (AvgIpc) is 2.75. The summed E-state index contributed by atoms with van der Waals surface area (Å²) in [5.41, 5.74) is 1.79. The zero-order valence-corrected chi connectivity index (χ0v) is 18.0. The molecule has 0 heterocycles. The van der Waals surface area contributed by atoms with Crippen molar-refractivity contribution in [2.24, 2.45) is 0 Å². The minimum atomic E-state index is -0.587. The van der Waals surface area contributed by atoms with Crippen molar-refractivity contribution in [3.05, 3.63) is 87.4 Å². The number of rotatable bonds is 8. The maximum atomic E-state index is 12.9. The highest BCUT2D eigenvalue weighted by Gasteiger charge is 2.22. The summed E-state index contributed by atoms with van der Waals surface area (Å²) in [6, 6.07) is 17.6. The van der Waals surface area contributed by atoms with Crippen LogP contribution in [0, 0.1) is 0 Å². The molecular weight excluding hydrogens is 427 g/mol. The molecule has 7 heteroatoms. The van der Waals surface area contributed by atoms with Gasteiger partial charge in [0.15, 0.2) is 0 Å². The Balaban J connectivity index is 1.85. The number of ether oxygens (including phenoxy) is 4. The summed E-state index contributed by atoms with van der Waals surface area (Å²) in [6.07, 6.45) is 0. The summed E-state index contributed by atoms with van der Waals surface area (Å²) in [5, 5.41) is 1.16. The van der Waals surface area contributed by atoms with Gasteiger partial charge in [-0.2, -0.15) is 0 Å². The van der Waals surface area contributed by atoms with Gasteiger partial charge in [0.05, 0.1) is 14.2 Å². The number of benzene rings is 3. The third-order valence-electron chi connectivity index (χ3n) is 4.24. The van der Waals surface area contributed by atoms with E-state index >= 15 is 0 Å². The maximum Gasteiger partial charge on any atom is 0.346 e. The van der Waals surface area contributed by atoms with E-state index < -0.39 is 5.97 Å². The number of esters is 1. The molecular formula is C23H20Cl2O5. The smallest absolute Gasteiger partial charge is 0.346 e. The fourth-order valence-electron chi connectivity index (χ4n) is 2.80. The lowest BCUT2D eigenvalue weighted by atomic mass is 10.1. The molecule has 3 aromatic carbocycles. The fourth-order valence-corrected chi connectivity index (χ4v) is 3.22. The van der Waals surface area contributed by atoms with E-state index in [9.17, 15) is 4.79 Å². The molecule has 0 saturated heterocycles. The van der Waals surface area contributed by atoms with Crippen LogP contribution in [0.2, 0.25) is 10.0 Å². The zero-order chi connectivity index (χ0) is 21.5. The van der Waals surface area contributed by atoms with E-state index in [1.807, 2.05) is 18.2 Å². The van der Waals surface area contributed by atoms with Crippen molar-refractivity contribution in [1.82, 2.24) is 0 Å². The fraction of sp³-hybridized carbons (Fsp3) is 0.174. The van der Waals surface area contributed by atoms with Crippen molar-refractivity contribution in [3.8, 4) is 17.2 Å². The molecule has 0 radical (unpaired) electrons. The molecule has 0 N–H and O–H groups in total. The molecule has 156 valence electrons. The number of methoxy groups -OCH3 is 2. The van der Waals surface area contributed by atoms with E-state index in [0.29, 0.717) is 15.8 Å². The van der Waals surface area contributed by atoms with Crippen molar-refractivity contribution in [1.29, 1.82) is 0 Å². The van der Waals surface area contributed by atoms with Gasteiger partial charge in [-0.1, -0.05) is 47.5 Å². The van der Waals surface area contributed by atoms with Crippen molar-refractivity contribution < 1.29 is 23.7 Å². The molecule has 0 aliphatic carbocycles. The first-order valence-corrected chi connectivity index (χ1v) is 9.80. The summed E-state index contributed by atoms with van der Waals surface area (Å²) < 4.78 is 22.1. The Kier molecular flexibility index (Phi) is 7.44. The van der Waals surface area contributed by atoms with Crippen LogP contribution in [-0.4, -0.2) is 20.2 Å². The SMILES string of the molecule is COc1cc(OC)c(C(=O)OCc2cccc(Cl)c2)c(OCc2cccc(Cl)c2)c1. The quantitative estimate of drug-likeness (QED) is 0.400. The van der Waals surface area contributed by atoms with Gasteiger partial charge in [-0.05, 0) is 35.4 Å². The van der Waals surface area contributed by atoms with Gasteiger partial charge < -0.3 is 18.9 Å². The summed E-state index contributed by atoms with van der Waals surface area (Å²) in [6.45, 7) is 0.258. The predicted molar refractivity (Wildman–Crippen MR) is 116 cm³/mol. The first-order chi connectivity index (χ1) is 14.5. The summed E-state index contributed by atoms with van der Waals surface area (Å²) >= 11 is 12.0. The molecule has 0 aliphatic rings. The summed E-state index contributed by atoms with van der Waals surface area (Å²) in [4.78, 5) is 12.9. The Morgan fingerprint density at radius 3 is 1.97 bits per heavy atom. The Hall–Kier alpha value is -2.89. The predicted octanol–water partition coefficient (Wildman–Crippen LogP) is 5.95. The van der Waals surface area contributed by atoms with Crippen LogP contribution >= 0.6 is 23.2 Å². The molecule has 5 nitrogen and oxygen atoms in total. The van der Waals surface area contributed by atoms with Crippen LogP contribution in [0.4, 0.5) is 0 Å². The van der Waals surface area contributed by atoms with Gasteiger partial charge in [0.1, 0.15) is 36.0 Å². The van der Waals surface area contributed by atoms with Crippen LogP contribution < -0.4 is 14.2 Å². The van der Waals surface area contributed by atoms with E-state index in [0.717, 1.165) is 11.1 Å². The highest BCUT2D eigenvalue weighted by molar-refractivity contribution is 6.30. The molecule has 0 unspecified atom stereocenters.